The number of halogens is 7. The molecule has 6 aromatic carbocycles. The number of hydrogen-bond donors (Lipinski definition) is 0. The first-order valence-electron chi connectivity index (χ1n) is 29.3. The summed E-state index contributed by atoms with van der Waals surface area (Å²) in [5.41, 5.74) is 0. The summed E-state index contributed by atoms with van der Waals surface area (Å²) >= 11 is 12.1. The Bertz CT molecular complexity index is 1880. The molecule has 0 atom stereocenters. The quantitative estimate of drug-likeness (QED) is 0.0593. The van der Waals surface area contributed by atoms with Gasteiger partial charge in [0.1, 0.15) is 45.4 Å². The molecule has 0 bridgehead atoms. The molecule has 6 aromatic rings. The van der Waals surface area contributed by atoms with Crippen LogP contribution in [0, 0.1) is 69.2 Å². The van der Waals surface area contributed by atoms with E-state index in [9.17, 15) is 4.79 Å². The predicted octanol–water partition coefficient (Wildman–Crippen LogP) is 26.2. The Morgan fingerprint density at radius 1 is 0.389 bits per heavy atom. The monoisotopic (exact) mass is 2840 g/mol. The second kappa shape index (κ2) is 99.6. The van der Waals surface area contributed by atoms with Crippen molar-refractivity contribution in [3.05, 3.63) is 251 Å². The second-order valence-electron chi connectivity index (χ2n) is 19.2. The van der Waals surface area contributed by atoms with Crippen LogP contribution in [0.25, 0.3) is 0 Å². The van der Waals surface area contributed by atoms with Crippen LogP contribution < -0.4 is 31.8 Å². The summed E-state index contributed by atoms with van der Waals surface area (Å²) in [6.45, 7) is 11.7. The fourth-order valence-electron chi connectivity index (χ4n) is 9.52. The Labute approximate surface area is 820 Å². The maximum Gasteiger partial charge on any atom is 2.00 e. The van der Waals surface area contributed by atoms with Crippen molar-refractivity contribution in [2.24, 2.45) is 0 Å². The van der Waals surface area contributed by atoms with E-state index in [4.69, 9.17) is 4.79 Å². The molecule has 4 aliphatic carbocycles. The van der Waals surface area contributed by atoms with E-state index in [1.807, 2.05) is 6.92 Å². The molecule has 4 aliphatic rings. The first kappa shape index (κ1) is 135. The molecule has 10 rings (SSSR count). The molecule has 0 spiro atoms. The number of carbonyl (C=O) groups excluding carboxylic acids is 2. The normalized spacial score (nSPS) is 12.1. The molecule has 19 heteroatoms. The third-order valence-corrected chi connectivity index (χ3v) is 22.2. The van der Waals surface area contributed by atoms with Gasteiger partial charge in [0.25, 0.3) is 0 Å². The average molecular weight is 2840 g/mol. The molecule has 4 radical (unpaired) electrons. The van der Waals surface area contributed by atoms with Crippen molar-refractivity contribution in [1.29, 1.82) is 0 Å². The predicted molar refractivity (Wildman–Crippen MR) is 473 cm³/mol. The van der Waals surface area contributed by atoms with Gasteiger partial charge in [0.15, 0.2) is 0 Å². The summed E-state index contributed by atoms with van der Waals surface area (Å²) in [6, 6.07) is 65.5. The van der Waals surface area contributed by atoms with Gasteiger partial charge in [-0.1, -0.05) is 208 Å². The van der Waals surface area contributed by atoms with Gasteiger partial charge in [-0.25, -0.2) is 0 Å². The van der Waals surface area contributed by atoms with E-state index in [2.05, 4.69) is 328 Å². The van der Waals surface area contributed by atoms with Crippen molar-refractivity contribution in [1.82, 2.24) is 0 Å². The largest absolute Gasteiger partial charge is 2.00 e. The van der Waals surface area contributed by atoms with Gasteiger partial charge >= 0.3 is 156 Å². The van der Waals surface area contributed by atoms with Crippen LogP contribution in [0.3, 0.4) is 0 Å². The van der Waals surface area contributed by atoms with Gasteiger partial charge in [0.05, 0.1) is 19.7 Å². The molecule has 0 aliphatic heterocycles. The number of aldehydes is 2. The number of carbonyl (C=O) groups is 2. The van der Waals surface area contributed by atoms with Gasteiger partial charge in [0.2, 0.25) is 0 Å². The van der Waals surface area contributed by atoms with Crippen LogP contribution in [0.15, 0.2) is 182 Å². The first-order chi connectivity index (χ1) is 39.7. The molecule has 0 heterocycles. The molecule has 0 unspecified atom stereocenters. The van der Waals surface area contributed by atoms with Crippen LogP contribution >= 0.6 is 162 Å². The maximum absolute atomic E-state index is 9.17. The van der Waals surface area contributed by atoms with Crippen molar-refractivity contribution in [3.8, 4) is 0 Å². The molecule has 2 nitrogen and oxygen atoms in total. The summed E-state index contributed by atoms with van der Waals surface area (Å²) in [5, 5.41) is 8.59. The Balaban J connectivity index is -0.0000000683. The first-order valence-corrected chi connectivity index (χ1v) is 55.7. The van der Waals surface area contributed by atoms with E-state index in [0.29, 0.717) is 22.3 Å². The minimum absolute atomic E-state index is 0. The molecule has 0 amide bonds. The van der Waals surface area contributed by atoms with Crippen molar-refractivity contribution < 1.29 is 197 Å². The molecule has 0 aromatic heterocycles. The van der Waals surface area contributed by atoms with Crippen LogP contribution in [0.2, 0.25) is 0 Å². The molecule has 0 saturated heterocycles. The van der Waals surface area contributed by atoms with Gasteiger partial charge in [-0.2, -0.15) is 51.4 Å². The van der Waals surface area contributed by atoms with Crippen LogP contribution in [0.5, 0.6) is 0 Å². The molecule has 529 valence electrons. The zero-order valence-corrected chi connectivity index (χ0v) is 93.9. The maximum atomic E-state index is 9.17. The fourth-order valence-corrected chi connectivity index (χ4v) is 17.3. The van der Waals surface area contributed by atoms with Gasteiger partial charge in [-0.05, 0) is 85.9 Å². The van der Waals surface area contributed by atoms with E-state index in [0.717, 1.165) is 24.9 Å². The van der Waals surface area contributed by atoms with Gasteiger partial charge < -0.3 is 78.8 Å². The second-order valence-corrected chi connectivity index (χ2v) is 73.7. The van der Waals surface area contributed by atoms with Crippen molar-refractivity contribution in [2.45, 2.75) is 170 Å². The Hall–Kier alpha value is 7.59. The summed E-state index contributed by atoms with van der Waals surface area (Å²) in [5.74, 6) is 0. The standard InChI is InChI=1S/C20H20P.C20H19P.4C6H11.C3H6O.C3H5O.2CH4.4CH3.7HI.2V.2W.4Y/c2*1-2-21(18-12-6-3-7-13-18,19-14-8-4-9-15-19)20-16-10-5-11-17-20;4*1-2-4-6-5-3-1;2*1-2-3-4;;;;;;;;;;;;;;;;;;;;;/h3-17H,2H2,1H3;3-17H,1-2H2;4*1H,2-6H2;3H,2H2,1H3;3H,1-2H2;2*1H4;4*1H3;7*1H;;;;;;;;/q+1;;4*-1;;-1;;;4*-1;;;;;;;;+2;+3;2*+2;;;;/p-5. The Kier molecular flexibility index (Phi) is 141. The third kappa shape index (κ3) is 66.0. The topological polar surface area (TPSA) is 34.1 Å². The number of benzene rings is 6. The van der Waals surface area contributed by atoms with Crippen LogP contribution in [0.4, 0.5) is 0 Å². The summed E-state index contributed by atoms with van der Waals surface area (Å²) in [7, 11) is -2.55. The van der Waals surface area contributed by atoms with Gasteiger partial charge in [0, 0.05) is 137 Å². The SMILES string of the molecule is C.C.CCC=O.CC[P+](c1ccccc1)(c1ccccc1)c1ccccc1.I.I.[CH-]1CCCCC1.[CH-]1CCCCC1.[CH-]1CCCCC1.[CH-]1CCCCC1.[CH2-]CC=O.[CH2-]C[P+](c1ccccc1)(c1ccccc1)c1ccccc1.[CH3-].[CH3-].[CH3-].[CH3-].[I][V]([I])[I].[I][V][I].[W+2].[W+2].[Y].[Y].[Y].[Y]. The zero-order valence-electron chi connectivity index (χ0n) is 56.6. The van der Waals surface area contributed by atoms with Crippen LogP contribution in [0.1, 0.15) is 170 Å². The molecular formula is C76H116I7O2P2V2W2Y4-4. The van der Waals surface area contributed by atoms with E-state index < -0.39 is 14.5 Å². The molecule has 0 N–H and O–H groups in total. The van der Waals surface area contributed by atoms with Gasteiger partial charge in [-0.3, -0.25) is 0 Å². The van der Waals surface area contributed by atoms with E-state index >= 15 is 0 Å². The third-order valence-electron chi connectivity index (χ3n) is 13.5. The van der Waals surface area contributed by atoms with Gasteiger partial charge in [-0.15, -0.1) is 54.4 Å². The molecule has 4 saturated carbocycles. The summed E-state index contributed by atoms with van der Waals surface area (Å²) < 4.78 is 0. The van der Waals surface area contributed by atoms with Crippen molar-refractivity contribution in [2.75, 3.05) is 12.3 Å². The minimum atomic E-state index is -1.65. The molecular weight excluding hydrogens is 2720 g/mol. The Morgan fingerprint density at radius 2 is 0.537 bits per heavy atom. The van der Waals surface area contributed by atoms with Crippen LogP contribution in [-0.4, -0.2) is 24.9 Å². The average Bonchev–Trinajstić information content (AvgIpc) is 0.779. The van der Waals surface area contributed by atoms with Crippen LogP contribution in [-0.2, 0) is 197 Å². The van der Waals surface area contributed by atoms with Crippen molar-refractivity contribution >= 4 is 207 Å². The zero-order chi connectivity index (χ0) is 59.2. The van der Waals surface area contributed by atoms with E-state index in [1.165, 1.54) is 160 Å². The molecule has 95 heavy (non-hydrogen) atoms. The number of rotatable bonds is 10. The summed E-state index contributed by atoms with van der Waals surface area (Å²) in [6.07, 6.45) is 42.7. The Morgan fingerprint density at radius 3 is 0.621 bits per heavy atom. The smallest absolute Gasteiger partial charge is 0 e. The van der Waals surface area contributed by atoms with E-state index in [-0.39, 0.29) is 270 Å². The van der Waals surface area contributed by atoms with E-state index in [1.54, 1.807) is 0 Å². The molecule has 4 fully saturated rings. The number of hydrogen-bond acceptors (Lipinski definition) is 2. The summed E-state index contributed by atoms with van der Waals surface area (Å²) in [4.78, 5) is 18.0. The fraction of sp³-hybridized carbons (Fsp3) is 0.368. The van der Waals surface area contributed by atoms with Crippen molar-refractivity contribution in [3.63, 3.8) is 0 Å². The minimum Gasteiger partial charge on any atom is 0 e.